The summed E-state index contributed by atoms with van der Waals surface area (Å²) in [4.78, 5) is 15.0. The zero-order chi connectivity index (χ0) is 12.5. The Morgan fingerprint density at radius 1 is 1.33 bits per heavy atom. The van der Waals surface area contributed by atoms with Crippen LogP contribution in [0, 0.1) is 6.92 Å². The molecule has 3 rings (SSSR count). The van der Waals surface area contributed by atoms with E-state index in [1.807, 2.05) is 18.3 Å². The summed E-state index contributed by atoms with van der Waals surface area (Å²) in [5.74, 6) is 0.131. The van der Waals surface area contributed by atoms with Gasteiger partial charge in [-0.25, -0.2) is 0 Å². The van der Waals surface area contributed by atoms with Crippen LogP contribution >= 0.6 is 0 Å². The van der Waals surface area contributed by atoms with Crippen LogP contribution in [0.3, 0.4) is 0 Å². The van der Waals surface area contributed by atoms with Crippen molar-refractivity contribution in [1.82, 2.24) is 10.1 Å². The second-order valence-electron chi connectivity index (χ2n) is 4.07. The van der Waals surface area contributed by atoms with Gasteiger partial charge in [-0.3, -0.25) is 10.1 Å². The molecule has 0 saturated carbocycles. The summed E-state index contributed by atoms with van der Waals surface area (Å²) in [6, 6.07) is 9.09. The molecule has 0 aliphatic carbocycles. The fourth-order valence-electron chi connectivity index (χ4n) is 1.80. The van der Waals surface area contributed by atoms with Gasteiger partial charge in [0.1, 0.15) is 0 Å². The number of H-pyrrole nitrogens is 1. The van der Waals surface area contributed by atoms with Gasteiger partial charge in [-0.05, 0) is 30.5 Å². The third-order valence-electron chi connectivity index (χ3n) is 2.68. The first-order chi connectivity index (χ1) is 8.72. The third kappa shape index (κ3) is 1.86. The van der Waals surface area contributed by atoms with E-state index in [-0.39, 0.29) is 5.91 Å². The molecule has 0 bridgehead atoms. The Kier molecular flexibility index (Phi) is 2.37. The quantitative estimate of drug-likeness (QED) is 0.724. The average molecular weight is 241 g/mol. The molecule has 0 fully saturated rings. The molecule has 18 heavy (non-hydrogen) atoms. The van der Waals surface area contributed by atoms with E-state index in [0.717, 1.165) is 16.6 Å². The van der Waals surface area contributed by atoms with Crippen molar-refractivity contribution in [2.75, 3.05) is 5.32 Å². The monoisotopic (exact) mass is 241 g/mol. The minimum Gasteiger partial charge on any atom is -0.361 e. The van der Waals surface area contributed by atoms with Crippen LogP contribution in [0.15, 0.2) is 41.1 Å². The number of nitrogens with one attached hydrogen (secondary N) is 2. The molecular formula is C13H11N3O2. The summed E-state index contributed by atoms with van der Waals surface area (Å²) >= 11 is 0. The van der Waals surface area contributed by atoms with Gasteiger partial charge in [0.15, 0.2) is 0 Å². The van der Waals surface area contributed by atoms with E-state index >= 15 is 0 Å². The maximum Gasteiger partial charge on any atom is 0.258 e. The van der Waals surface area contributed by atoms with Crippen molar-refractivity contribution in [3.63, 3.8) is 0 Å². The van der Waals surface area contributed by atoms with E-state index < -0.39 is 0 Å². The normalized spacial score (nSPS) is 10.7. The molecule has 0 saturated heterocycles. The number of hydrogen-bond donors (Lipinski definition) is 2. The first-order valence-corrected chi connectivity index (χ1v) is 5.54. The van der Waals surface area contributed by atoms with Gasteiger partial charge in [-0.2, -0.15) is 0 Å². The lowest BCUT2D eigenvalue weighted by atomic mass is 10.1. The first kappa shape index (κ1) is 10.6. The molecule has 2 N–H and O–H groups in total. The smallest absolute Gasteiger partial charge is 0.258 e. The minimum atomic E-state index is -0.220. The van der Waals surface area contributed by atoms with Crippen LogP contribution < -0.4 is 5.32 Å². The van der Waals surface area contributed by atoms with Crippen LogP contribution in [0.5, 0.6) is 0 Å². The number of hydrogen-bond acceptors (Lipinski definition) is 3. The number of benzene rings is 1. The lowest BCUT2D eigenvalue weighted by Crippen LogP contribution is -2.11. The van der Waals surface area contributed by atoms with E-state index in [9.17, 15) is 4.79 Å². The second kappa shape index (κ2) is 4.03. The molecule has 0 aliphatic heterocycles. The van der Waals surface area contributed by atoms with Crippen LogP contribution in [-0.2, 0) is 0 Å². The van der Waals surface area contributed by atoms with Gasteiger partial charge in [0.05, 0.1) is 5.69 Å². The molecule has 2 heterocycles. The average Bonchev–Trinajstić information content (AvgIpc) is 2.96. The zero-order valence-corrected chi connectivity index (χ0v) is 9.73. The summed E-state index contributed by atoms with van der Waals surface area (Å²) in [7, 11) is 0. The number of carbonyl (C=O) groups excluding carboxylic acids is 1. The van der Waals surface area contributed by atoms with Crippen LogP contribution in [0.1, 0.15) is 16.1 Å². The van der Waals surface area contributed by atoms with Crippen molar-refractivity contribution in [1.29, 1.82) is 0 Å². The Hall–Kier alpha value is -2.56. The SMILES string of the molecule is Cc1cc(NC(=O)c2ccc3cc[nH]c3c2)on1. The summed E-state index contributed by atoms with van der Waals surface area (Å²) in [6.45, 7) is 1.80. The number of amides is 1. The Morgan fingerprint density at radius 2 is 2.22 bits per heavy atom. The molecule has 5 nitrogen and oxygen atoms in total. The molecule has 90 valence electrons. The topological polar surface area (TPSA) is 70.9 Å². The number of rotatable bonds is 2. The lowest BCUT2D eigenvalue weighted by Gasteiger charge is -2.01. The van der Waals surface area contributed by atoms with Crippen LogP contribution in [0.25, 0.3) is 10.9 Å². The van der Waals surface area contributed by atoms with Crippen molar-refractivity contribution >= 4 is 22.7 Å². The number of carbonyl (C=O) groups is 1. The van der Waals surface area contributed by atoms with Gasteiger partial charge in [0.25, 0.3) is 5.91 Å². The molecule has 1 amide bonds. The van der Waals surface area contributed by atoms with E-state index in [4.69, 9.17) is 4.52 Å². The Bertz CT molecular complexity index is 712. The molecular weight excluding hydrogens is 230 g/mol. The Balaban J connectivity index is 1.87. The van der Waals surface area contributed by atoms with Crippen LogP contribution in [0.4, 0.5) is 5.88 Å². The third-order valence-corrected chi connectivity index (χ3v) is 2.68. The van der Waals surface area contributed by atoms with Gasteiger partial charge >= 0.3 is 0 Å². The predicted molar refractivity (Wildman–Crippen MR) is 67.5 cm³/mol. The van der Waals surface area contributed by atoms with Crippen molar-refractivity contribution in [2.24, 2.45) is 0 Å². The lowest BCUT2D eigenvalue weighted by molar-refractivity contribution is 0.102. The number of aromatic amines is 1. The summed E-state index contributed by atoms with van der Waals surface area (Å²) < 4.78 is 4.94. The van der Waals surface area contributed by atoms with E-state index in [1.165, 1.54) is 0 Å². The van der Waals surface area contributed by atoms with E-state index in [2.05, 4.69) is 15.5 Å². The number of fused-ring (bicyclic) bond motifs is 1. The minimum absolute atomic E-state index is 0.220. The highest BCUT2D eigenvalue weighted by molar-refractivity contribution is 6.05. The fourth-order valence-corrected chi connectivity index (χ4v) is 1.80. The zero-order valence-electron chi connectivity index (χ0n) is 9.73. The van der Waals surface area contributed by atoms with Gasteiger partial charge in [0.2, 0.25) is 5.88 Å². The standard InChI is InChI=1S/C13H11N3O2/c1-8-6-12(18-16-8)15-13(17)10-3-2-9-4-5-14-11(9)7-10/h2-7,14H,1H3,(H,15,17). The largest absolute Gasteiger partial charge is 0.361 e. The van der Waals surface area contributed by atoms with Gasteiger partial charge in [-0.1, -0.05) is 11.2 Å². The first-order valence-electron chi connectivity index (χ1n) is 5.54. The number of aromatic nitrogens is 2. The molecule has 2 aromatic heterocycles. The molecule has 0 radical (unpaired) electrons. The van der Waals surface area contributed by atoms with Gasteiger partial charge < -0.3 is 9.51 Å². The predicted octanol–water partition coefficient (Wildman–Crippen LogP) is 2.72. The Morgan fingerprint density at radius 3 is 3.00 bits per heavy atom. The van der Waals surface area contributed by atoms with E-state index in [1.54, 1.807) is 25.1 Å². The second-order valence-corrected chi connectivity index (χ2v) is 4.07. The molecule has 0 aliphatic rings. The fraction of sp³-hybridized carbons (Fsp3) is 0.0769. The highest BCUT2D eigenvalue weighted by Gasteiger charge is 2.09. The molecule has 3 aromatic rings. The van der Waals surface area contributed by atoms with Gasteiger partial charge in [-0.15, -0.1) is 0 Å². The van der Waals surface area contributed by atoms with Crippen LogP contribution in [-0.4, -0.2) is 16.0 Å². The molecule has 1 aromatic carbocycles. The number of anilines is 1. The van der Waals surface area contributed by atoms with Crippen molar-refractivity contribution < 1.29 is 9.32 Å². The summed E-state index contributed by atoms with van der Waals surface area (Å²) in [5, 5.41) is 7.43. The Labute approximate surface area is 103 Å². The molecule has 5 heteroatoms. The maximum absolute atomic E-state index is 12.0. The summed E-state index contributed by atoms with van der Waals surface area (Å²) in [6.07, 6.45) is 1.84. The highest BCUT2D eigenvalue weighted by atomic mass is 16.5. The molecule has 0 unspecified atom stereocenters. The number of aryl methyl sites for hydroxylation is 1. The van der Waals surface area contributed by atoms with Crippen molar-refractivity contribution in [3.05, 3.63) is 47.8 Å². The van der Waals surface area contributed by atoms with Crippen molar-refractivity contribution in [3.8, 4) is 0 Å². The number of nitrogens with zero attached hydrogens (tertiary/aromatic N) is 1. The van der Waals surface area contributed by atoms with E-state index in [0.29, 0.717) is 11.4 Å². The van der Waals surface area contributed by atoms with Crippen molar-refractivity contribution in [2.45, 2.75) is 6.92 Å². The maximum atomic E-state index is 12.0. The highest BCUT2D eigenvalue weighted by Crippen LogP contribution is 2.16. The van der Waals surface area contributed by atoms with Crippen LogP contribution in [0.2, 0.25) is 0 Å². The molecule has 0 atom stereocenters. The summed E-state index contributed by atoms with van der Waals surface area (Å²) in [5.41, 5.74) is 2.22. The molecule has 0 spiro atoms. The van der Waals surface area contributed by atoms with Gasteiger partial charge in [0, 0.05) is 23.3 Å².